The number of morpholine rings is 1. The molecule has 1 aliphatic rings. The van der Waals surface area contributed by atoms with Gasteiger partial charge >= 0.3 is 0 Å². The van der Waals surface area contributed by atoms with Crippen LogP contribution in [0, 0.1) is 0 Å². The summed E-state index contributed by atoms with van der Waals surface area (Å²) in [5.74, 6) is -0.332. The number of nitrogens with one attached hydrogen (secondary N) is 1. The summed E-state index contributed by atoms with van der Waals surface area (Å²) in [6.45, 7) is 2.26. The Balaban J connectivity index is 2.10. The van der Waals surface area contributed by atoms with E-state index in [0.717, 1.165) is 0 Å². The molecule has 0 radical (unpaired) electrons. The van der Waals surface area contributed by atoms with Crippen molar-refractivity contribution in [3.63, 3.8) is 0 Å². The maximum Gasteiger partial charge on any atom is 0.254 e. The van der Waals surface area contributed by atoms with Crippen LogP contribution in [0.4, 0.5) is 0 Å². The fourth-order valence-electron chi connectivity index (χ4n) is 1.92. The van der Waals surface area contributed by atoms with Crippen LogP contribution in [0.25, 0.3) is 0 Å². The first-order valence-corrected chi connectivity index (χ1v) is 7.21. The third-order valence-corrected chi connectivity index (χ3v) is 3.53. The predicted molar refractivity (Wildman–Crippen MR) is 78.2 cm³/mol. The maximum atomic E-state index is 12.2. The first kappa shape index (κ1) is 15.8. The molecule has 2 heterocycles. The maximum absolute atomic E-state index is 12.2. The van der Waals surface area contributed by atoms with Crippen LogP contribution in [0.15, 0.2) is 24.5 Å². The fourth-order valence-corrected chi connectivity index (χ4v) is 2.50. The standard InChI is InChI=1S/C12H14Cl3N3O2/c13-12(14,15)11(18-4-6-20-7-5-18)17-10(19)9-2-1-3-16-8-9/h1-3,8,11H,4-7H2,(H,17,19)/t11-/m1/s1. The highest BCUT2D eigenvalue weighted by Gasteiger charge is 2.39. The Kier molecular flexibility index (Phi) is 5.46. The zero-order valence-corrected chi connectivity index (χ0v) is 12.8. The predicted octanol–water partition coefficient (Wildman–Crippen LogP) is 1.84. The van der Waals surface area contributed by atoms with Gasteiger partial charge in [0, 0.05) is 25.5 Å². The lowest BCUT2D eigenvalue weighted by molar-refractivity contribution is 0.00996. The lowest BCUT2D eigenvalue weighted by Gasteiger charge is -2.38. The summed E-state index contributed by atoms with van der Waals surface area (Å²) in [6.07, 6.45) is 2.33. The minimum absolute atomic E-state index is 0.332. The fraction of sp³-hybridized carbons (Fsp3) is 0.500. The molecule has 8 heteroatoms. The number of carbonyl (C=O) groups is 1. The van der Waals surface area contributed by atoms with Crippen LogP contribution in [-0.4, -0.2) is 52.1 Å². The van der Waals surface area contributed by atoms with E-state index in [0.29, 0.717) is 31.9 Å². The van der Waals surface area contributed by atoms with Crippen molar-refractivity contribution < 1.29 is 9.53 Å². The molecule has 0 bridgehead atoms. The van der Waals surface area contributed by atoms with Crippen LogP contribution >= 0.6 is 34.8 Å². The molecule has 110 valence electrons. The van der Waals surface area contributed by atoms with Gasteiger partial charge in [-0.05, 0) is 12.1 Å². The zero-order valence-electron chi connectivity index (χ0n) is 10.6. The molecule has 20 heavy (non-hydrogen) atoms. The van der Waals surface area contributed by atoms with Gasteiger partial charge in [0.2, 0.25) is 3.79 Å². The van der Waals surface area contributed by atoms with E-state index in [4.69, 9.17) is 39.5 Å². The quantitative estimate of drug-likeness (QED) is 0.855. The largest absolute Gasteiger partial charge is 0.379 e. The molecule has 1 saturated heterocycles. The minimum Gasteiger partial charge on any atom is -0.379 e. The molecule has 0 saturated carbocycles. The van der Waals surface area contributed by atoms with E-state index in [2.05, 4.69) is 10.3 Å². The molecule has 1 aromatic heterocycles. The Morgan fingerprint density at radius 2 is 2.10 bits per heavy atom. The van der Waals surface area contributed by atoms with Gasteiger partial charge in [-0.25, -0.2) is 0 Å². The number of alkyl halides is 3. The van der Waals surface area contributed by atoms with Crippen LogP contribution in [0.1, 0.15) is 10.4 Å². The lowest BCUT2D eigenvalue weighted by atomic mass is 10.2. The second kappa shape index (κ2) is 6.91. The number of hydrogen-bond acceptors (Lipinski definition) is 4. The number of amides is 1. The Hall–Kier alpha value is -0.590. The Morgan fingerprint density at radius 1 is 1.40 bits per heavy atom. The van der Waals surface area contributed by atoms with Crippen molar-refractivity contribution in [2.45, 2.75) is 9.96 Å². The van der Waals surface area contributed by atoms with Gasteiger partial charge in [-0.2, -0.15) is 0 Å². The zero-order chi connectivity index (χ0) is 14.6. The highest BCUT2D eigenvalue weighted by atomic mass is 35.6. The van der Waals surface area contributed by atoms with Crippen molar-refractivity contribution in [1.29, 1.82) is 0 Å². The number of halogens is 3. The van der Waals surface area contributed by atoms with E-state index in [1.54, 1.807) is 18.3 Å². The minimum atomic E-state index is -1.63. The molecule has 2 rings (SSSR count). The van der Waals surface area contributed by atoms with Gasteiger partial charge in [0.05, 0.1) is 18.8 Å². The summed E-state index contributed by atoms with van der Waals surface area (Å²) in [6, 6.07) is 3.32. The van der Waals surface area contributed by atoms with Gasteiger partial charge in [0.15, 0.2) is 0 Å². The summed E-state index contributed by atoms with van der Waals surface area (Å²) < 4.78 is 3.63. The van der Waals surface area contributed by atoms with Crippen molar-refractivity contribution >= 4 is 40.7 Å². The van der Waals surface area contributed by atoms with E-state index < -0.39 is 9.96 Å². The first-order valence-electron chi connectivity index (χ1n) is 6.08. The van der Waals surface area contributed by atoms with Crippen LogP contribution < -0.4 is 5.32 Å². The normalized spacial score (nSPS) is 18.6. The van der Waals surface area contributed by atoms with Gasteiger partial charge in [-0.15, -0.1) is 0 Å². The molecule has 0 aliphatic carbocycles. The van der Waals surface area contributed by atoms with Crippen LogP contribution in [0.3, 0.4) is 0 Å². The third kappa shape index (κ3) is 4.20. The van der Waals surface area contributed by atoms with Gasteiger partial charge in [0.1, 0.15) is 6.17 Å². The highest BCUT2D eigenvalue weighted by molar-refractivity contribution is 6.68. The topological polar surface area (TPSA) is 54.5 Å². The van der Waals surface area contributed by atoms with Gasteiger partial charge < -0.3 is 10.1 Å². The molecule has 5 nitrogen and oxygen atoms in total. The number of ether oxygens (including phenoxy) is 1. The monoisotopic (exact) mass is 337 g/mol. The Labute approximate surface area is 132 Å². The molecule has 1 amide bonds. The smallest absolute Gasteiger partial charge is 0.254 e. The van der Waals surface area contributed by atoms with Crippen molar-refractivity contribution in [2.24, 2.45) is 0 Å². The van der Waals surface area contributed by atoms with Gasteiger partial charge in [0.25, 0.3) is 5.91 Å². The van der Waals surface area contributed by atoms with E-state index >= 15 is 0 Å². The molecular formula is C12H14Cl3N3O2. The second-order valence-electron chi connectivity index (χ2n) is 4.31. The van der Waals surface area contributed by atoms with E-state index in [1.807, 2.05) is 4.90 Å². The summed E-state index contributed by atoms with van der Waals surface area (Å²) >= 11 is 17.9. The van der Waals surface area contributed by atoms with Crippen molar-refractivity contribution in [1.82, 2.24) is 15.2 Å². The van der Waals surface area contributed by atoms with Crippen LogP contribution in [0.2, 0.25) is 0 Å². The number of nitrogens with zero attached hydrogens (tertiary/aromatic N) is 2. The molecule has 1 aliphatic heterocycles. The van der Waals surface area contributed by atoms with Crippen LogP contribution in [-0.2, 0) is 4.74 Å². The van der Waals surface area contributed by atoms with Crippen molar-refractivity contribution in [2.75, 3.05) is 26.3 Å². The lowest BCUT2D eigenvalue weighted by Crippen LogP contribution is -2.58. The molecule has 0 unspecified atom stereocenters. The molecule has 0 aromatic carbocycles. The Morgan fingerprint density at radius 3 is 2.65 bits per heavy atom. The number of carbonyl (C=O) groups excluding carboxylic acids is 1. The molecule has 1 aromatic rings. The summed E-state index contributed by atoms with van der Waals surface area (Å²) in [5, 5.41) is 2.74. The van der Waals surface area contributed by atoms with Gasteiger partial charge in [-0.3, -0.25) is 14.7 Å². The average molecular weight is 339 g/mol. The number of rotatable bonds is 3. The SMILES string of the molecule is O=C(N[C@H](N1CCOCC1)C(Cl)(Cl)Cl)c1cccnc1. The first-order chi connectivity index (χ1) is 9.48. The third-order valence-electron chi connectivity index (χ3n) is 2.91. The molecule has 1 atom stereocenters. The van der Waals surface area contributed by atoms with Crippen molar-refractivity contribution in [3.8, 4) is 0 Å². The number of pyridine rings is 1. The van der Waals surface area contributed by atoms with E-state index in [9.17, 15) is 4.79 Å². The average Bonchev–Trinajstić information content (AvgIpc) is 2.45. The van der Waals surface area contributed by atoms with Gasteiger partial charge in [-0.1, -0.05) is 34.8 Å². The number of aromatic nitrogens is 1. The Bertz CT molecular complexity index is 447. The van der Waals surface area contributed by atoms with Crippen molar-refractivity contribution in [3.05, 3.63) is 30.1 Å². The van der Waals surface area contributed by atoms with E-state index in [-0.39, 0.29) is 5.91 Å². The van der Waals surface area contributed by atoms with Crippen LogP contribution in [0.5, 0.6) is 0 Å². The summed E-state index contributed by atoms with van der Waals surface area (Å²) in [5.41, 5.74) is 0.417. The summed E-state index contributed by atoms with van der Waals surface area (Å²) in [7, 11) is 0. The molecular weight excluding hydrogens is 325 g/mol. The molecule has 1 fully saturated rings. The molecule has 0 spiro atoms. The highest BCUT2D eigenvalue weighted by Crippen LogP contribution is 2.32. The number of hydrogen-bond donors (Lipinski definition) is 1. The van der Waals surface area contributed by atoms with E-state index in [1.165, 1.54) is 6.20 Å². The second-order valence-corrected chi connectivity index (χ2v) is 6.68. The molecule has 1 N–H and O–H groups in total. The summed E-state index contributed by atoms with van der Waals surface area (Å²) in [4.78, 5) is 17.9.